The summed E-state index contributed by atoms with van der Waals surface area (Å²) in [6, 6.07) is 7.06. The summed E-state index contributed by atoms with van der Waals surface area (Å²) in [6.45, 7) is 1.82. The Morgan fingerprint density at radius 2 is 2.12 bits per heavy atom. The Balaban J connectivity index is 2.10. The van der Waals surface area contributed by atoms with Crippen LogP contribution in [-0.4, -0.2) is 10.2 Å². The number of hydrogen-bond donors (Lipinski definition) is 1. The molecule has 1 aromatic carbocycles. The van der Waals surface area contributed by atoms with Crippen LogP contribution in [0.4, 0.5) is 0 Å². The molecule has 6 heteroatoms. The minimum atomic E-state index is -0.311. The zero-order valence-corrected chi connectivity index (χ0v) is 10.0. The number of benzene rings is 1. The molecule has 84 valence electrons. The number of ether oxygens (including phenoxy) is 1. The fourth-order valence-corrected chi connectivity index (χ4v) is 1.44. The number of halogens is 1. The van der Waals surface area contributed by atoms with E-state index in [-0.39, 0.29) is 10.9 Å². The lowest BCUT2D eigenvalue weighted by molar-refractivity contribution is 0.187. The minimum absolute atomic E-state index is 0.238. The molecule has 1 heterocycles. The first-order valence-corrected chi connectivity index (χ1v) is 5.41. The quantitative estimate of drug-likeness (QED) is 0.854. The van der Waals surface area contributed by atoms with Crippen molar-refractivity contribution < 1.29 is 9.15 Å². The van der Waals surface area contributed by atoms with E-state index < -0.39 is 0 Å². The Morgan fingerprint density at radius 3 is 2.69 bits per heavy atom. The Bertz CT molecular complexity index is 520. The van der Waals surface area contributed by atoms with E-state index in [9.17, 15) is 0 Å². The van der Waals surface area contributed by atoms with Gasteiger partial charge in [-0.25, -0.2) is 5.10 Å². The van der Waals surface area contributed by atoms with Crippen LogP contribution in [0.15, 0.2) is 28.7 Å². The van der Waals surface area contributed by atoms with E-state index in [1.54, 1.807) is 24.3 Å². The number of nitrogens with one attached hydrogen (secondary N) is 1. The van der Waals surface area contributed by atoms with Crippen LogP contribution < -0.4 is 4.74 Å². The summed E-state index contributed by atoms with van der Waals surface area (Å²) < 4.78 is 10.7. The lowest BCUT2D eigenvalue weighted by atomic mass is 10.3. The second-order valence-corrected chi connectivity index (χ2v) is 3.97. The number of rotatable bonds is 3. The predicted molar refractivity (Wildman–Crippen MR) is 62.2 cm³/mol. The third-order valence-electron chi connectivity index (χ3n) is 1.93. The molecule has 0 aliphatic rings. The Kier molecular flexibility index (Phi) is 3.26. The molecule has 0 fully saturated rings. The number of nitrogens with zero attached hydrogens (tertiary/aromatic N) is 1. The summed E-state index contributed by atoms with van der Waals surface area (Å²) in [6.07, 6.45) is -0.311. The first-order chi connectivity index (χ1) is 7.65. The van der Waals surface area contributed by atoms with Crippen molar-refractivity contribution in [1.82, 2.24) is 10.2 Å². The van der Waals surface area contributed by atoms with E-state index in [1.807, 2.05) is 6.92 Å². The van der Waals surface area contributed by atoms with E-state index >= 15 is 0 Å². The van der Waals surface area contributed by atoms with E-state index in [0.717, 1.165) is 0 Å². The monoisotopic (exact) mass is 256 g/mol. The van der Waals surface area contributed by atoms with Gasteiger partial charge in [-0.3, -0.25) is 0 Å². The van der Waals surface area contributed by atoms with Gasteiger partial charge < -0.3 is 9.15 Å². The van der Waals surface area contributed by atoms with Gasteiger partial charge in [0.05, 0.1) is 0 Å². The second kappa shape index (κ2) is 4.67. The van der Waals surface area contributed by atoms with Gasteiger partial charge in [0.1, 0.15) is 5.75 Å². The lowest BCUT2D eigenvalue weighted by Gasteiger charge is -2.10. The number of H-pyrrole nitrogens is 1. The van der Waals surface area contributed by atoms with Crippen molar-refractivity contribution in [2.75, 3.05) is 0 Å². The number of aromatic nitrogens is 2. The third kappa shape index (κ3) is 2.62. The van der Waals surface area contributed by atoms with Crippen LogP contribution in [-0.2, 0) is 0 Å². The van der Waals surface area contributed by atoms with Crippen LogP contribution in [0.25, 0.3) is 0 Å². The molecule has 1 N–H and O–H groups in total. The maximum atomic E-state index is 5.76. The molecule has 2 aromatic rings. The molecule has 16 heavy (non-hydrogen) atoms. The fraction of sp³-hybridized carbons (Fsp3) is 0.200. The highest BCUT2D eigenvalue weighted by Gasteiger charge is 2.12. The Hall–Kier alpha value is -1.33. The van der Waals surface area contributed by atoms with Crippen molar-refractivity contribution in [2.24, 2.45) is 0 Å². The summed E-state index contributed by atoms with van der Waals surface area (Å²) in [7, 11) is 0. The molecule has 1 aromatic heterocycles. The van der Waals surface area contributed by atoms with Gasteiger partial charge >= 0.3 is 0 Å². The van der Waals surface area contributed by atoms with Crippen molar-refractivity contribution in [3.05, 3.63) is 40.0 Å². The van der Waals surface area contributed by atoms with Gasteiger partial charge in [0.25, 0.3) is 10.7 Å². The van der Waals surface area contributed by atoms with Crippen molar-refractivity contribution in [3.63, 3.8) is 0 Å². The average molecular weight is 257 g/mol. The standard InChI is InChI=1S/C10H9ClN2O2S/c1-6(9-12-13-10(16)15-9)14-8-4-2-7(11)3-5-8/h2-6H,1H3,(H,13,16). The molecular formula is C10H9ClN2O2S. The molecule has 0 aliphatic heterocycles. The fourth-order valence-electron chi connectivity index (χ4n) is 1.18. The van der Waals surface area contributed by atoms with E-state index in [1.165, 1.54) is 0 Å². The zero-order chi connectivity index (χ0) is 11.5. The van der Waals surface area contributed by atoms with E-state index in [4.69, 9.17) is 33.0 Å². The van der Waals surface area contributed by atoms with Crippen LogP contribution >= 0.6 is 23.8 Å². The normalized spacial score (nSPS) is 12.4. The summed E-state index contributed by atoms with van der Waals surface area (Å²) in [5.74, 6) is 1.11. The van der Waals surface area contributed by atoms with Crippen LogP contribution in [0.2, 0.25) is 5.02 Å². The summed E-state index contributed by atoms with van der Waals surface area (Å²) >= 11 is 10.5. The Morgan fingerprint density at radius 1 is 1.44 bits per heavy atom. The highest BCUT2D eigenvalue weighted by Crippen LogP contribution is 2.21. The molecular weight excluding hydrogens is 248 g/mol. The molecule has 4 nitrogen and oxygen atoms in total. The molecule has 0 bridgehead atoms. The molecule has 0 spiro atoms. The molecule has 0 saturated heterocycles. The molecule has 0 radical (unpaired) electrons. The van der Waals surface area contributed by atoms with Crippen molar-refractivity contribution in [1.29, 1.82) is 0 Å². The van der Waals surface area contributed by atoms with Crippen LogP contribution in [0.1, 0.15) is 18.9 Å². The number of aromatic amines is 1. The smallest absolute Gasteiger partial charge is 0.284 e. The zero-order valence-electron chi connectivity index (χ0n) is 8.44. The van der Waals surface area contributed by atoms with Gasteiger partial charge in [0, 0.05) is 5.02 Å². The molecule has 1 atom stereocenters. The largest absolute Gasteiger partial charge is 0.481 e. The van der Waals surface area contributed by atoms with Gasteiger partial charge in [-0.2, -0.15) is 0 Å². The summed E-state index contributed by atoms with van der Waals surface area (Å²) in [5, 5.41) is 7.09. The third-order valence-corrected chi connectivity index (χ3v) is 2.36. The van der Waals surface area contributed by atoms with E-state index in [0.29, 0.717) is 16.7 Å². The Labute approximate surface area is 102 Å². The van der Waals surface area contributed by atoms with Crippen LogP contribution in [0.3, 0.4) is 0 Å². The van der Waals surface area contributed by atoms with Crippen LogP contribution in [0, 0.1) is 4.84 Å². The maximum absolute atomic E-state index is 5.76. The molecule has 1 unspecified atom stereocenters. The van der Waals surface area contributed by atoms with Crippen molar-refractivity contribution >= 4 is 23.8 Å². The maximum Gasteiger partial charge on any atom is 0.284 e. The summed E-state index contributed by atoms with van der Waals surface area (Å²) in [4.78, 5) is 0.238. The number of hydrogen-bond acceptors (Lipinski definition) is 4. The lowest BCUT2D eigenvalue weighted by Crippen LogP contribution is -2.03. The van der Waals surface area contributed by atoms with Gasteiger partial charge in [0.2, 0.25) is 0 Å². The van der Waals surface area contributed by atoms with Crippen molar-refractivity contribution in [2.45, 2.75) is 13.0 Å². The SMILES string of the molecule is CC(Oc1ccc(Cl)cc1)c1n[nH]c(=S)o1. The second-order valence-electron chi connectivity index (χ2n) is 3.17. The average Bonchev–Trinajstić information content (AvgIpc) is 2.68. The summed E-state index contributed by atoms with van der Waals surface area (Å²) in [5.41, 5.74) is 0. The van der Waals surface area contributed by atoms with Crippen molar-refractivity contribution in [3.8, 4) is 5.75 Å². The molecule has 0 amide bonds. The highest BCUT2D eigenvalue weighted by atomic mass is 35.5. The predicted octanol–water partition coefficient (Wildman–Crippen LogP) is 3.53. The van der Waals surface area contributed by atoms with E-state index in [2.05, 4.69) is 10.2 Å². The topological polar surface area (TPSA) is 51.0 Å². The molecule has 2 rings (SSSR count). The molecule has 0 saturated carbocycles. The van der Waals surface area contributed by atoms with Gasteiger partial charge in [-0.05, 0) is 43.4 Å². The van der Waals surface area contributed by atoms with Crippen LogP contribution in [0.5, 0.6) is 5.75 Å². The van der Waals surface area contributed by atoms with Gasteiger partial charge in [-0.1, -0.05) is 11.6 Å². The van der Waals surface area contributed by atoms with Gasteiger partial charge in [-0.15, -0.1) is 5.10 Å². The first-order valence-electron chi connectivity index (χ1n) is 4.63. The first kappa shape index (κ1) is 11.2. The minimum Gasteiger partial charge on any atom is -0.481 e. The van der Waals surface area contributed by atoms with Gasteiger partial charge in [0.15, 0.2) is 6.10 Å². The molecule has 0 aliphatic carbocycles. The highest BCUT2D eigenvalue weighted by molar-refractivity contribution is 7.71.